The van der Waals surface area contributed by atoms with Crippen molar-refractivity contribution in [1.82, 2.24) is 20.4 Å². The van der Waals surface area contributed by atoms with Crippen molar-refractivity contribution in [2.75, 3.05) is 10.6 Å². The van der Waals surface area contributed by atoms with Crippen molar-refractivity contribution in [3.63, 3.8) is 0 Å². The molecule has 2 heterocycles. The number of rotatable bonds is 13. The van der Waals surface area contributed by atoms with E-state index in [0.717, 1.165) is 34.0 Å². The quantitative estimate of drug-likeness (QED) is 0.185. The standard InChI is InChI=1S/C26H28N6O4S2/c33-19(15-17-9-3-1-4-10-17)23(35)27-25-31-29-21(37-25)13-7-8-14-22-30-32-26(38-22)28-24(36)20(34)16-18-11-5-2-6-12-18/h1-6,9-12,19-20,33-34H,7-8,13-16H2,(H,27,31,35)(H,28,32,36)/t19-,20-/m0/s1. The minimum Gasteiger partial charge on any atom is -0.383 e. The molecule has 38 heavy (non-hydrogen) atoms. The van der Waals surface area contributed by atoms with Crippen LogP contribution in [0.3, 0.4) is 0 Å². The first-order valence-electron chi connectivity index (χ1n) is 12.2. The van der Waals surface area contributed by atoms with Crippen molar-refractivity contribution in [2.45, 2.75) is 50.7 Å². The average Bonchev–Trinajstić information content (AvgIpc) is 3.57. The summed E-state index contributed by atoms with van der Waals surface area (Å²) >= 11 is 2.57. The smallest absolute Gasteiger partial charge is 0.255 e. The van der Waals surface area contributed by atoms with Gasteiger partial charge >= 0.3 is 0 Å². The lowest BCUT2D eigenvalue weighted by Gasteiger charge is -2.09. The molecule has 0 saturated heterocycles. The number of anilines is 2. The first kappa shape index (κ1) is 27.5. The third-order valence-corrected chi connectivity index (χ3v) is 7.37. The maximum absolute atomic E-state index is 12.3. The lowest BCUT2D eigenvalue weighted by Crippen LogP contribution is -2.29. The number of benzene rings is 2. The van der Waals surface area contributed by atoms with Crippen LogP contribution in [0.5, 0.6) is 0 Å². The second kappa shape index (κ2) is 13.8. The van der Waals surface area contributed by atoms with Crippen LogP contribution in [0.2, 0.25) is 0 Å². The number of hydrogen-bond acceptors (Lipinski definition) is 10. The van der Waals surface area contributed by atoms with Crippen molar-refractivity contribution in [2.24, 2.45) is 0 Å². The van der Waals surface area contributed by atoms with Gasteiger partial charge in [0.1, 0.15) is 22.2 Å². The summed E-state index contributed by atoms with van der Waals surface area (Å²) in [5, 5.41) is 44.1. The lowest BCUT2D eigenvalue weighted by molar-refractivity contribution is -0.124. The molecule has 0 spiro atoms. The first-order valence-corrected chi connectivity index (χ1v) is 13.8. The first-order chi connectivity index (χ1) is 18.5. The third-order valence-electron chi connectivity index (χ3n) is 5.57. The van der Waals surface area contributed by atoms with Crippen LogP contribution in [-0.2, 0) is 35.3 Å². The third kappa shape index (κ3) is 8.48. The fourth-order valence-corrected chi connectivity index (χ4v) is 5.17. The molecule has 198 valence electrons. The fraction of sp³-hybridized carbons (Fsp3) is 0.308. The highest BCUT2D eigenvalue weighted by molar-refractivity contribution is 7.15. The van der Waals surface area contributed by atoms with Crippen molar-refractivity contribution in [3.8, 4) is 0 Å². The predicted octanol–water partition coefficient (Wildman–Crippen LogP) is 3.04. The van der Waals surface area contributed by atoms with E-state index in [9.17, 15) is 19.8 Å². The second-order valence-corrected chi connectivity index (χ2v) is 10.7. The van der Waals surface area contributed by atoms with Crippen molar-refractivity contribution in [3.05, 3.63) is 81.8 Å². The molecule has 12 heteroatoms. The number of unbranched alkanes of at least 4 members (excludes halogenated alkanes) is 1. The molecule has 4 N–H and O–H groups in total. The number of carbonyl (C=O) groups excluding carboxylic acids is 2. The molecule has 0 unspecified atom stereocenters. The summed E-state index contributed by atoms with van der Waals surface area (Å²) in [4.78, 5) is 24.5. The molecule has 2 atom stereocenters. The number of nitrogens with one attached hydrogen (secondary N) is 2. The molecule has 0 saturated carbocycles. The van der Waals surface area contributed by atoms with Gasteiger partial charge < -0.3 is 10.2 Å². The van der Waals surface area contributed by atoms with Gasteiger partial charge in [0.15, 0.2) is 0 Å². The molecule has 2 aromatic heterocycles. The van der Waals surface area contributed by atoms with Crippen LogP contribution in [-0.4, -0.2) is 54.6 Å². The largest absolute Gasteiger partial charge is 0.383 e. The number of aliphatic hydroxyl groups is 2. The van der Waals surface area contributed by atoms with Gasteiger partial charge in [-0.3, -0.25) is 20.2 Å². The maximum atomic E-state index is 12.3. The van der Waals surface area contributed by atoms with Gasteiger partial charge in [-0.2, -0.15) is 0 Å². The summed E-state index contributed by atoms with van der Waals surface area (Å²) in [7, 11) is 0. The summed E-state index contributed by atoms with van der Waals surface area (Å²) in [5.41, 5.74) is 1.75. The Labute approximate surface area is 227 Å². The van der Waals surface area contributed by atoms with E-state index in [0.29, 0.717) is 23.1 Å². The zero-order valence-corrected chi connectivity index (χ0v) is 22.1. The van der Waals surface area contributed by atoms with Gasteiger partial charge in [-0.05, 0) is 24.0 Å². The Morgan fingerprint density at radius 1 is 0.658 bits per heavy atom. The molecule has 0 radical (unpaired) electrons. The van der Waals surface area contributed by atoms with Crippen LogP contribution in [0.4, 0.5) is 10.3 Å². The van der Waals surface area contributed by atoms with E-state index in [-0.39, 0.29) is 12.8 Å². The normalized spacial score (nSPS) is 12.6. The van der Waals surface area contributed by atoms with Gasteiger partial charge in [-0.25, -0.2) is 0 Å². The fourth-order valence-electron chi connectivity index (χ4n) is 3.60. The van der Waals surface area contributed by atoms with Crippen molar-refractivity contribution < 1.29 is 19.8 Å². The van der Waals surface area contributed by atoms with E-state index >= 15 is 0 Å². The summed E-state index contributed by atoms with van der Waals surface area (Å²) < 4.78 is 0. The molecular formula is C26H28N6O4S2. The Bertz CT molecular complexity index is 1210. The Balaban J connectivity index is 1.15. The predicted molar refractivity (Wildman–Crippen MR) is 146 cm³/mol. The molecule has 0 aliphatic carbocycles. The average molecular weight is 553 g/mol. The number of carbonyl (C=O) groups is 2. The molecule has 4 rings (SSSR count). The Morgan fingerprint density at radius 3 is 1.45 bits per heavy atom. The van der Waals surface area contributed by atoms with Crippen LogP contribution >= 0.6 is 22.7 Å². The van der Waals surface area contributed by atoms with Gasteiger partial charge in [0.05, 0.1) is 0 Å². The molecule has 2 amide bonds. The Hall–Kier alpha value is -3.58. The number of hydrogen-bond donors (Lipinski definition) is 4. The molecule has 4 aromatic rings. The molecular weight excluding hydrogens is 524 g/mol. The highest BCUT2D eigenvalue weighted by Crippen LogP contribution is 2.21. The van der Waals surface area contributed by atoms with Crippen LogP contribution < -0.4 is 10.6 Å². The van der Waals surface area contributed by atoms with Gasteiger partial charge in [-0.15, -0.1) is 20.4 Å². The van der Waals surface area contributed by atoms with Crippen LogP contribution in [0.25, 0.3) is 0 Å². The molecule has 0 fully saturated rings. The van der Waals surface area contributed by atoms with E-state index in [2.05, 4.69) is 31.0 Å². The summed E-state index contributed by atoms with van der Waals surface area (Å²) in [6.45, 7) is 0. The lowest BCUT2D eigenvalue weighted by atomic mass is 10.1. The Kier molecular flexibility index (Phi) is 9.98. The molecule has 0 aliphatic heterocycles. The number of aryl methyl sites for hydroxylation is 2. The van der Waals surface area contributed by atoms with Gasteiger partial charge in [0.25, 0.3) is 11.8 Å². The van der Waals surface area contributed by atoms with E-state index in [1.807, 2.05) is 60.7 Å². The maximum Gasteiger partial charge on any atom is 0.255 e. The molecule has 10 nitrogen and oxygen atoms in total. The van der Waals surface area contributed by atoms with Gasteiger partial charge in [0, 0.05) is 25.7 Å². The van der Waals surface area contributed by atoms with E-state index < -0.39 is 24.0 Å². The summed E-state index contributed by atoms with van der Waals surface area (Å²) in [6.07, 6.45) is 1.15. The number of aromatic nitrogens is 4. The van der Waals surface area contributed by atoms with E-state index in [4.69, 9.17) is 0 Å². The second-order valence-electron chi connectivity index (χ2n) is 8.60. The number of nitrogens with zero attached hydrogens (tertiary/aromatic N) is 4. The van der Waals surface area contributed by atoms with Gasteiger partial charge in [0.2, 0.25) is 10.3 Å². The molecule has 0 aliphatic rings. The zero-order chi connectivity index (χ0) is 26.7. The highest BCUT2D eigenvalue weighted by atomic mass is 32.1. The number of aliphatic hydroxyl groups excluding tert-OH is 2. The van der Waals surface area contributed by atoms with Crippen LogP contribution in [0.15, 0.2) is 60.7 Å². The van der Waals surface area contributed by atoms with E-state index in [1.165, 1.54) is 22.7 Å². The van der Waals surface area contributed by atoms with Crippen LogP contribution in [0.1, 0.15) is 34.0 Å². The summed E-state index contributed by atoms with van der Waals surface area (Å²) in [5.74, 6) is -1.02. The molecule has 0 bridgehead atoms. The van der Waals surface area contributed by atoms with Crippen molar-refractivity contribution >= 4 is 44.8 Å². The SMILES string of the molecule is O=C(Nc1nnc(CCCCc2nnc(NC(=O)[C@@H](O)Cc3ccccc3)s2)s1)[C@@H](O)Cc1ccccc1. The van der Waals surface area contributed by atoms with Crippen molar-refractivity contribution in [1.29, 1.82) is 0 Å². The minimum atomic E-state index is -1.17. The van der Waals surface area contributed by atoms with E-state index in [1.54, 1.807) is 0 Å². The topological polar surface area (TPSA) is 150 Å². The zero-order valence-electron chi connectivity index (χ0n) is 20.5. The monoisotopic (exact) mass is 552 g/mol. The highest BCUT2D eigenvalue weighted by Gasteiger charge is 2.19. The Morgan fingerprint density at radius 2 is 1.05 bits per heavy atom. The van der Waals surface area contributed by atoms with Gasteiger partial charge in [-0.1, -0.05) is 83.3 Å². The number of amides is 2. The minimum absolute atomic E-state index is 0.226. The summed E-state index contributed by atoms with van der Waals surface area (Å²) in [6, 6.07) is 18.6. The van der Waals surface area contributed by atoms with Crippen LogP contribution in [0, 0.1) is 0 Å². The molecule has 2 aromatic carbocycles.